The maximum absolute atomic E-state index is 10.2. The van der Waals surface area contributed by atoms with Gasteiger partial charge in [0.25, 0.3) is 0 Å². The molecular formula is C11H11ClN2O3. The molecule has 17 heavy (non-hydrogen) atoms. The highest BCUT2D eigenvalue weighted by Gasteiger charge is 2.02. The minimum Gasteiger partial charge on any atom is -0.480 e. The number of carbonyl (C=O) groups is 1. The fourth-order valence-corrected chi connectivity index (χ4v) is 1.35. The number of hydrogen-bond donors (Lipinski definition) is 2. The fourth-order valence-electron chi connectivity index (χ4n) is 1.18. The predicted octanol–water partition coefficient (Wildman–Crippen LogP) is 1.72. The first-order chi connectivity index (χ1) is 8.13. The maximum atomic E-state index is 10.2. The van der Waals surface area contributed by atoms with Gasteiger partial charge >= 0.3 is 5.97 Å². The molecule has 0 unspecified atom stereocenters. The Hall–Kier alpha value is -1.77. The lowest BCUT2D eigenvalue weighted by Crippen LogP contribution is -2.14. The van der Waals surface area contributed by atoms with Crippen LogP contribution in [0.3, 0.4) is 0 Å². The van der Waals surface area contributed by atoms with Crippen LogP contribution in [0.15, 0.2) is 18.2 Å². The number of hydrogen-bond acceptors (Lipinski definition) is 4. The van der Waals surface area contributed by atoms with Gasteiger partial charge in [-0.25, -0.2) is 4.79 Å². The Labute approximate surface area is 104 Å². The number of halogens is 1. The van der Waals surface area contributed by atoms with Crippen molar-refractivity contribution >= 4 is 23.3 Å². The van der Waals surface area contributed by atoms with Crippen LogP contribution in [-0.4, -0.2) is 30.8 Å². The number of carboxylic acids is 1. The van der Waals surface area contributed by atoms with Crippen molar-refractivity contribution in [3.63, 3.8) is 0 Å². The predicted molar refractivity (Wildman–Crippen MR) is 63.1 cm³/mol. The van der Waals surface area contributed by atoms with Crippen molar-refractivity contribution in [1.82, 2.24) is 0 Å². The molecule has 6 heteroatoms. The van der Waals surface area contributed by atoms with Crippen molar-refractivity contribution in [2.75, 3.05) is 25.1 Å². The second-order valence-electron chi connectivity index (χ2n) is 3.17. The Morgan fingerprint density at radius 2 is 2.35 bits per heavy atom. The summed E-state index contributed by atoms with van der Waals surface area (Å²) in [5, 5.41) is 20.7. The van der Waals surface area contributed by atoms with Crippen LogP contribution in [-0.2, 0) is 9.53 Å². The Kier molecular flexibility index (Phi) is 5.27. The van der Waals surface area contributed by atoms with E-state index in [2.05, 4.69) is 5.32 Å². The lowest BCUT2D eigenvalue weighted by molar-refractivity contribution is -0.142. The van der Waals surface area contributed by atoms with Gasteiger partial charge in [-0.05, 0) is 18.2 Å². The van der Waals surface area contributed by atoms with E-state index in [0.717, 1.165) is 0 Å². The van der Waals surface area contributed by atoms with Crippen LogP contribution in [0.2, 0.25) is 5.02 Å². The summed E-state index contributed by atoms with van der Waals surface area (Å²) in [6.45, 7) is 0.344. The molecule has 0 heterocycles. The lowest BCUT2D eigenvalue weighted by Gasteiger charge is -2.08. The molecule has 5 nitrogen and oxygen atoms in total. The van der Waals surface area contributed by atoms with Gasteiger partial charge in [0, 0.05) is 11.6 Å². The second-order valence-corrected chi connectivity index (χ2v) is 3.61. The Morgan fingerprint density at radius 1 is 1.59 bits per heavy atom. The molecular weight excluding hydrogens is 244 g/mol. The first-order valence-electron chi connectivity index (χ1n) is 4.86. The summed E-state index contributed by atoms with van der Waals surface area (Å²) in [4.78, 5) is 10.2. The number of anilines is 1. The molecule has 1 aromatic carbocycles. The molecule has 0 atom stereocenters. The third-order valence-corrected chi connectivity index (χ3v) is 2.12. The largest absolute Gasteiger partial charge is 0.480 e. The van der Waals surface area contributed by atoms with Gasteiger partial charge < -0.3 is 15.2 Å². The monoisotopic (exact) mass is 254 g/mol. The normalized spacial score (nSPS) is 9.65. The second kappa shape index (κ2) is 6.74. The van der Waals surface area contributed by atoms with E-state index < -0.39 is 5.97 Å². The zero-order valence-electron chi connectivity index (χ0n) is 8.94. The van der Waals surface area contributed by atoms with Gasteiger partial charge in [0.15, 0.2) is 0 Å². The first kappa shape index (κ1) is 13.3. The van der Waals surface area contributed by atoms with Crippen LogP contribution in [0.25, 0.3) is 0 Å². The van der Waals surface area contributed by atoms with Crippen LogP contribution in [0, 0.1) is 11.3 Å². The van der Waals surface area contributed by atoms with Crippen molar-refractivity contribution in [2.24, 2.45) is 0 Å². The topological polar surface area (TPSA) is 82.3 Å². The molecule has 90 valence electrons. The molecule has 2 N–H and O–H groups in total. The summed E-state index contributed by atoms with van der Waals surface area (Å²) < 4.78 is 4.84. The summed E-state index contributed by atoms with van der Waals surface area (Å²) in [7, 11) is 0. The molecule has 0 spiro atoms. The number of ether oxygens (including phenoxy) is 1. The van der Waals surface area contributed by atoms with E-state index >= 15 is 0 Å². The van der Waals surface area contributed by atoms with E-state index in [4.69, 9.17) is 26.7 Å². The number of nitriles is 1. The van der Waals surface area contributed by atoms with Gasteiger partial charge in [-0.15, -0.1) is 0 Å². The van der Waals surface area contributed by atoms with Crippen LogP contribution >= 0.6 is 11.6 Å². The average molecular weight is 255 g/mol. The van der Waals surface area contributed by atoms with Gasteiger partial charge in [0.05, 0.1) is 17.9 Å². The van der Waals surface area contributed by atoms with E-state index in [-0.39, 0.29) is 13.2 Å². The number of carboxylic acid groups (broad SMARTS) is 1. The summed E-state index contributed by atoms with van der Waals surface area (Å²) in [6.07, 6.45) is 0. The molecule has 0 fully saturated rings. The highest BCUT2D eigenvalue weighted by atomic mass is 35.5. The van der Waals surface area contributed by atoms with Gasteiger partial charge in [-0.2, -0.15) is 5.26 Å². The molecule has 0 saturated heterocycles. The molecule has 0 aliphatic rings. The first-order valence-corrected chi connectivity index (χ1v) is 5.24. The van der Waals surface area contributed by atoms with Crippen LogP contribution in [0.5, 0.6) is 0 Å². The van der Waals surface area contributed by atoms with Crippen LogP contribution in [0.4, 0.5) is 5.69 Å². The van der Waals surface area contributed by atoms with Crippen LogP contribution < -0.4 is 5.32 Å². The lowest BCUT2D eigenvalue weighted by atomic mass is 10.2. The summed E-state index contributed by atoms with van der Waals surface area (Å²) >= 11 is 5.75. The van der Waals surface area contributed by atoms with E-state index in [1.807, 2.05) is 6.07 Å². The Bertz CT molecular complexity index is 443. The maximum Gasteiger partial charge on any atom is 0.329 e. The standard InChI is InChI=1S/C11H11ClN2O3/c12-9-1-2-10(8(5-9)6-13)14-3-4-17-7-11(15)16/h1-2,5,14H,3-4,7H2,(H,15,16). The number of rotatable bonds is 6. The molecule has 0 bridgehead atoms. The number of benzene rings is 1. The molecule has 0 saturated carbocycles. The smallest absolute Gasteiger partial charge is 0.329 e. The van der Waals surface area contributed by atoms with Gasteiger partial charge in [-0.1, -0.05) is 11.6 Å². The van der Waals surface area contributed by atoms with Gasteiger partial charge in [0.2, 0.25) is 0 Å². The molecule has 0 amide bonds. The summed E-state index contributed by atoms with van der Waals surface area (Å²) in [5.74, 6) is -1.01. The Balaban J connectivity index is 2.42. The minimum atomic E-state index is -1.01. The zero-order valence-corrected chi connectivity index (χ0v) is 9.70. The Morgan fingerprint density at radius 3 is 3.00 bits per heavy atom. The molecule has 1 rings (SSSR count). The molecule has 0 aromatic heterocycles. The fraction of sp³-hybridized carbons (Fsp3) is 0.273. The van der Waals surface area contributed by atoms with Crippen molar-refractivity contribution in [1.29, 1.82) is 5.26 Å². The third kappa shape index (κ3) is 4.72. The zero-order chi connectivity index (χ0) is 12.7. The van der Waals surface area contributed by atoms with Gasteiger partial charge in [0.1, 0.15) is 12.7 Å². The van der Waals surface area contributed by atoms with Crippen molar-refractivity contribution in [3.05, 3.63) is 28.8 Å². The van der Waals surface area contributed by atoms with Crippen molar-refractivity contribution in [3.8, 4) is 6.07 Å². The third-order valence-electron chi connectivity index (χ3n) is 1.89. The molecule has 0 radical (unpaired) electrons. The highest BCUT2D eigenvalue weighted by Crippen LogP contribution is 2.19. The van der Waals surface area contributed by atoms with Crippen LogP contribution in [0.1, 0.15) is 5.56 Å². The van der Waals surface area contributed by atoms with Crippen molar-refractivity contribution < 1.29 is 14.6 Å². The van der Waals surface area contributed by atoms with Gasteiger partial charge in [-0.3, -0.25) is 0 Å². The highest BCUT2D eigenvalue weighted by molar-refractivity contribution is 6.30. The number of nitrogens with zero attached hydrogens (tertiary/aromatic N) is 1. The SMILES string of the molecule is N#Cc1cc(Cl)ccc1NCCOCC(=O)O. The van der Waals surface area contributed by atoms with E-state index in [1.165, 1.54) is 0 Å². The molecule has 0 aliphatic heterocycles. The van der Waals surface area contributed by atoms with Crippen molar-refractivity contribution in [2.45, 2.75) is 0 Å². The van der Waals surface area contributed by atoms with E-state index in [1.54, 1.807) is 18.2 Å². The molecule has 1 aromatic rings. The quantitative estimate of drug-likeness (QED) is 0.756. The molecule has 0 aliphatic carbocycles. The summed E-state index contributed by atoms with van der Waals surface area (Å²) in [6, 6.07) is 6.93. The average Bonchev–Trinajstić information content (AvgIpc) is 2.29. The number of aliphatic carboxylic acids is 1. The van der Waals surface area contributed by atoms with E-state index in [9.17, 15) is 4.79 Å². The minimum absolute atomic E-state index is 0.250. The number of nitrogens with one attached hydrogen (secondary N) is 1. The van der Waals surface area contributed by atoms with E-state index in [0.29, 0.717) is 22.8 Å². The summed E-state index contributed by atoms with van der Waals surface area (Å²) in [5.41, 5.74) is 1.09.